The van der Waals surface area contributed by atoms with Crippen LogP contribution in [0.2, 0.25) is 0 Å². The van der Waals surface area contributed by atoms with Crippen molar-refractivity contribution in [2.45, 2.75) is 69.1 Å². The van der Waals surface area contributed by atoms with Crippen LogP contribution in [0.4, 0.5) is 0 Å². The fourth-order valence-electron chi connectivity index (χ4n) is 4.04. The molecule has 2 aromatic rings. The number of nitrogens with one attached hydrogen (secondary N) is 4. The number of rotatable bonds is 18. The van der Waals surface area contributed by atoms with E-state index in [0.29, 0.717) is 5.56 Å². The first kappa shape index (κ1) is 33.2. The molecule has 228 valence electrons. The Balaban J connectivity index is 2.30. The summed E-state index contributed by atoms with van der Waals surface area (Å²) in [5.41, 5.74) is 12.3. The molecule has 1 aromatic carbocycles. The molecule has 1 aromatic heterocycles. The van der Waals surface area contributed by atoms with Crippen molar-refractivity contribution < 1.29 is 48.9 Å². The van der Waals surface area contributed by atoms with Crippen molar-refractivity contribution in [3.8, 4) is 0 Å². The lowest BCUT2D eigenvalue weighted by Crippen LogP contribution is -2.57. The second-order valence-electron chi connectivity index (χ2n) is 9.56. The first-order valence-corrected chi connectivity index (χ1v) is 12.9. The predicted molar refractivity (Wildman–Crippen MR) is 146 cm³/mol. The second kappa shape index (κ2) is 15.7. The van der Waals surface area contributed by atoms with Gasteiger partial charge in [-0.2, -0.15) is 0 Å². The Morgan fingerprint density at radius 2 is 1.29 bits per heavy atom. The zero-order valence-electron chi connectivity index (χ0n) is 22.5. The Bertz CT molecular complexity index is 1330. The number of carboxylic acid groups (broad SMARTS) is 3. The normalized spacial score (nSPS) is 13.7. The minimum Gasteiger partial charge on any atom is -0.481 e. The Hall–Kier alpha value is -4.99. The molecule has 2 rings (SSSR count). The maximum Gasteiger partial charge on any atom is 0.326 e. The van der Waals surface area contributed by atoms with Crippen molar-refractivity contribution >= 4 is 52.4 Å². The Morgan fingerprint density at radius 3 is 1.88 bits per heavy atom. The number of carbonyl (C=O) groups is 7. The molecule has 16 heteroatoms. The highest BCUT2D eigenvalue weighted by Gasteiger charge is 2.31. The number of aliphatic carboxylic acids is 3. The highest BCUT2D eigenvalue weighted by molar-refractivity contribution is 5.95. The Kier molecular flexibility index (Phi) is 12.4. The van der Waals surface area contributed by atoms with Crippen molar-refractivity contribution in [3.05, 3.63) is 36.0 Å². The van der Waals surface area contributed by atoms with E-state index in [0.717, 1.165) is 10.9 Å². The quantitative estimate of drug-likeness (QED) is 0.0970. The number of amides is 4. The molecular weight excluding hydrogens is 556 g/mol. The van der Waals surface area contributed by atoms with Crippen LogP contribution in [0.5, 0.6) is 0 Å². The molecule has 4 amide bonds. The number of para-hydroxylation sites is 1. The van der Waals surface area contributed by atoms with Gasteiger partial charge in [-0.05, 0) is 30.9 Å². The Labute approximate surface area is 239 Å². The molecule has 0 saturated carbocycles. The van der Waals surface area contributed by atoms with Gasteiger partial charge in [0.2, 0.25) is 23.6 Å². The van der Waals surface area contributed by atoms with E-state index in [4.69, 9.17) is 21.7 Å². The smallest absolute Gasteiger partial charge is 0.326 e. The van der Waals surface area contributed by atoms with Crippen molar-refractivity contribution in [1.29, 1.82) is 0 Å². The Morgan fingerprint density at radius 1 is 0.738 bits per heavy atom. The maximum atomic E-state index is 13.5. The maximum absolute atomic E-state index is 13.5. The third kappa shape index (κ3) is 10.5. The topological polar surface area (TPSA) is 284 Å². The summed E-state index contributed by atoms with van der Waals surface area (Å²) >= 11 is 0. The minimum absolute atomic E-state index is 0.0895. The highest BCUT2D eigenvalue weighted by Crippen LogP contribution is 2.19. The average Bonchev–Trinajstić information content (AvgIpc) is 3.33. The van der Waals surface area contributed by atoms with Gasteiger partial charge in [0.15, 0.2) is 0 Å². The van der Waals surface area contributed by atoms with Gasteiger partial charge in [0.1, 0.15) is 18.1 Å². The first-order chi connectivity index (χ1) is 19.8. The molecule has 0 fully saturated rings. The molecule has 0 aliphatic rings. The number of carbonyl (C=O) groups excluding carboxylic acids is 4. The lowest BCUT2D eigenvalue weighted by molar-refractivity contribution is -0.144. The standard InChI is InChI=1S/C26H34N6O10/c27-15(5-8-20(28)33)23(38)32-19(11-13-12-29-16-4-2-1-3-14(13)16)25(40)30-17(6-9-21(34)35)24(39)31-18(26(41)42)7-10-22(36)37/h1-4,12,15,17-19,29H,5-11,27H2,(H2,28,33)(H,30,40)(H,31,39)(H,32,38)(H,34,35)(H,36,37)(H,41,42). The van der Waals surface area contributed by atoms with Crippen LogP contribution in [-0.2, 0) is 40.0 Å². The minimum atomic E-state index is -1.62. The summed E-state index contributed by atoms with van der Waals surface area (Å²) in [6.45, 7) is 0. The molecular formula is C26H34N6O10. The van der Waals surface area contributed by atoms with E-state index in [1.165, 1.54) is 0 Å². The van der Waals surface area contributed by atoms with Crippen LogP contribution < -0.4 is 27.4 Å². The summed E-state index contributed by atoms with van der Waals surface area (Å²) < 4.78 is 0. The molecule has 0 saturated heterocycles. The second-order valence-corrected chi connectivity index (χ2v) is 9.56. The summed E-state index contributed by atoms with van der Waals surface area (Å²) in [6, 6.07) is 1.42. The largest absolute Gasteiger partial charge is 0.481 e. The van der Waals surface area contributed by atoms with Crippen molar-refractivity contribution in [3.63, 3.8) is 0 Å². The van der Waals surface area contributed by atoms with Crippen LogP contribution in [0.25, 0.3) is 10.9 Å². The SMILES string of the molecule is NC(=O)CCC(N)C(=O)NC(Cc1c[nH]c2ccccc12)C(=O)NC(CCC(=O)O)C(=O)NC(CCC(=O)O)C(=O)O. The fourth-order valence-corrected chi connectivity index (χ4v) is 4.04. The van der Waals surface area contributed by atoms with Gasteiger partial charge in [-0.15, -0.1) is 0 Å². The summed E-state index contributed by atoms with van der Waals surface area (Å²) in [7, 11) is 0. The number of nitrogens with two attached hydrogens (primary N) is 2. The number of hydrogen-bond donors (Lipinski definition) is 9. The van der Waals surface area contributed by atoms with Crippen LogP contribution in [0.1, 0.15) is 44.1 Å². The van der Waals surface area contributed by atoms with Gasteiger partial charge in [-0.3, -0.25) is 28.8 Å². The van der Waals surface area contributed by atoms with E-state index in [9.17, 15) is 38.7 Å². The molecule has 0 aliphatic heterocycles. The van der Waals surface area contributed by atoms with Gasteiger partial charge in [-0.25, -0.2) is 4.79 Å². The third-order valence-corrected chi connectivity index (χ3v) is 6.31. The van der Waals surface area contributed by atoms with Gasteiger partial charge in [0.05, 0.1) is 6.04 Å². The molecule has 11 N–H and O–H groups in total. The van der Waals surface area contributed by atoms with E-state index in [-0.39, 0.29) is 19.3 Å². The van der Waals surface area contributed by atoms with Crippen molar-refractivity contribution in [2.75, 3.05) is 0 Å². The summed E-state index contributed by atoms with van der Waals surface area (Å²) in [6.07, 6.45) is -0.799. The number of aromatic amines is 1. The highest BCUT2D eigenvalue weighted by atomic mass is 16.4. The number of carboxylic acids is 3. The lowest BCUT2D eigenvalue weighted by Gasteiger charge is -2.25. The van der Waals surface area contributed by atoms with Crippen LogP contribution >= 0.6 is 0 Å². The number of primary amides is 1. The fraction of sp³-hybridized carbons (Fsp3) is 0.423. The summed E-state index contributed by atoms with van der Waals surface area (Å²) in [4.78, 5) is 87.0. The van der Waals surface area contributed by atoms with E-state index in [2.05, 4.69) is 20.9 Å². The van der Waals surface area contributed by atoms with E-state index >= 15 is 0 Å². The molecule has 4 atom stereocenters. The number of H-pyrrole nitrogens is 1. The molecule has 0 spiro atoms. The zero-order valence-corrected chi connectivity index (χ0v) is 22.5. The van der Waals surface area contributed by atoms with Crippen LogP contribution in [0.15, 0.2) is 30.5 Å². The molecule has 16 nitrogen and oxygen atoms in total. The van der Waals surface area contributed by atoms with Gasteiger partial charge < -0.3 is 47.7 Å². The molecule has 0 aliphatic carbocycles. The monoisotopic (exact) mass is 590 g/mol. The lowest BCUT2D eigenvalue weighted by atomic mass is 10.0. The van der Waals surface area contributed by atoms with Gasteiger partial charge in [0, 0.05) is 42.8 Å². The number of benzene rings is 1. The van der Waals surface area contributed by atoms with Crippen LogP contribution in [-0.4, -0.2) is 86.0 Å². The predicted octanol–water partition coefficient (Wildman–Crippen LogP) is -1.43. The molecule has 0 bridgehead atoms. The van der Waals surface area contributed by atoms with Gasteiger partial charge in [0.25, 0.3) is 0 Å². The van der Waals surface area contributed by atoms with Gasteiger partial charge in [-0.1, -0.05) is 18.2 Å². The molecule has 1 heterocycles. The molecule has 0 radical (unpaired) electrons. The summed E-state index contributed by atoms with van der Waals surface area (Å²) in [5, 5.41) is 35.1. The van der Waals surface area contributed by atoms with Crippen molar-refractivity contribution in [2.24, 2.45) is 11.5 Å². The van der Waals surface area contributed by atoms with E-state index < -0.39 is 91.4 Å². The zero-order chi connectivity index (χ0) is 31.4. The van der Waals surface area contributed by atoms with E-state index in [1.54, 1.807) is 30.5 Å². The molecule has 42 heavy (non-hydrogen) atoms. The van der Waals surface area contributed by atoms with E-state index in [1.807, 2.05) is 0 Å². The third-order valence-electron chi connectivity index (χ3n) is 6.31. The van der Waals surface area contributed by atoms with Crippen LogP contribution in [0.3, 0.4) is 0 Å². The van der Waals surface area contributed by atoms with Crippen molar-refractivity contribution in [1.82, 2.24) is 20.9 Å². The summed E-state index contributed by atoms with van der Waals surface area (Å²) in [5.74, 6) is -7.55. The van der Waals surface area contributed by atoms with Crippen LogP contribution in [0, 0.1) is 0 Å². The van der Waals surface area contributed by atoms with Gasteiger partial charge >= 0.3 is 17.9 Å². The number of aromatic nitrogens is 1. The average molecular weight is 591 g/mol. The molecule has 4 unspecified atom stereocenters. The first-order valence-electron chi connectivity index (χ1n) is 12.9. The number of fused-ring (bicyclic) bond motifs is 1. The number of hydrogen-bond acceptors (Lipinski definition) is 8.